The van der Waals surface area contributed by atoms with Gasteiger partial charge in [0.25, 0.3) is 11.8 Å². The van der Waals surface area contributed by atoms with Gasteiger partial charge in [0.05, 0.1) is 53.6 Å². The fraction of sp³-hybridized carbons (Fsp3) is 0.548. The molecule has 4 aromatic rings. The second kappa shape index (κ2) is 15.9. The van der Waals surface area contributed by atoms with Gasteiger partial charge in [-0.25, -0.2) is 14.3 Å². The second-order valence-electron chi connectivity index (χ2n) is 17.6. The smallest absolute Gasteiger partial charge is 0.328 e. The van der Waals surface area contributed by atoms with Gasteiger partial charge < -0.3 is 24.8 Å². The molecule has 1 aromatic carbocycles. The number of carbonyl (C=O) groups is 4. The van der Waals surface area contributed by atoms with E-state index in [1.807, 2.05) is 28.0 Å². The van der Waals surface area contributed by atoms with Crippen molar-refractivity contribution in [1.29, 1.82) is 0 Å². The number of likely N-dealkylation sites (tertiary alicyclic amines) is 2. The maximum atomic E-state index is 13.6. The van der Waals surface area contributed by atoms with Crippen molar-refractivity contribution in [1.82, 2.24) is 39.5 Å². The minimum absolute atomic E-state index is 0.0576. The number of nitrogens with one attached hydrogen (secondary N) is 2. The molecule has 0 radical (unpaired) electrons. The summed E-state index contributed by atoms with van der Waals surface area (Å²) in [4.78, 5) is 64.3. The summed E-state index contributed by atoms with van der Waals surface area (Å²) in [6.45, 7) is 6.38. The molecule has 5 saturated heterocycles. The fourth-order valence-electron chi connectivity index (χ4n) is 10.4. The first-order chi connectivity index (χ1) is 29.1. The molecule has 2 N–H and O–H groups in total. The van der Waals surface area contributed by atoms with Crippen LogP contribution in [0.1, 0.15) is 91.0 Å². The lowest BCUT2D eigenvalue weighted by molar-refractivity contribution is -0.120. The topological polar surface area (TPSA) is 163 Å². The number of aromatic nitrogens is 5. The largest absolute Gasteiger partial charge is 0.374 e. The SMILES string of the molecule is O=C1CCN(c2cc(C(=O)N3CCC4(CCN(CC5CCC(n6cc(NC(=O)c7cnn8ccc(N9C[C@H]%10C[C@@H]9CO%10)nc78)c(Cl)n6)CC5)CC4)CC3)ccc2Cl)C(=O)N1. The summed E-state index contributed by atoms with van der Waals surface area (Å²) in [7, 11) is 0. The third-order valence-corrected chi connectivity index (χ3v) is 14.6. The lowest BCUT2D eigenvalue weighted by atomic mass is 9.71. The van der Waals surface area contributed by atoms with E-state index in [0.717, 1.165) is 89.8 Å². The van der Waals surface area contributed by atoms with Crippen LogP contribution in [-0.4, -0.2) is 122 Å². The normalized spacial score (nSPS) is 25.7. The summed E-state index contributed by atoms with van der Waals surface area (Å²) in [6, 6.07) is 6.98. The zero-order chi connectivity index (χ0) is 41.1. The Balaban J connectivity index is 0.683. The van der Waals surface area contributed by atoms with Gasteiger partial charge in [0.15, 0.2) is 10.8 Å². The zero-order valence-corrected chi connectivity index (χ0v) is 34.9. The third-order valence-electron chi connectivity index (χ3n) is 14.0. The number of morpholine rings is 1. The van der Waals surface area contributed by atoms with E-state index < -0.39 is 6.03 Å². The van der Waals surface area contributed by atoms with E-state index in [1.54, 1.807) is 28.9 Å². The summed E-state index contributed by atoms with van der Waals surface area (Å²) in [6.07, 6.45) is 15.1. The van der Waals surface area contributed by atoms with E-state index in [4.69, 9.17) is 32.9 Å². The third kappa shape index (κ3) is 7.60. The highest BCUT2D eigenvalue weighted by molar-refractivity contribution is 6.34. The van der Waals surface area contributed by atoms with E-state index in [-0.39, 0.29) is 53.4 Å². The zero-order valence-electron chi connectivity index (χ0n) is 33.4. The molecule has 2 bridgehead atoms. The molecule has 0 unspecified atom stereocenters. The minimum Gasteiger partial charge on any atom is -0.374 e. The average molecular weight is 859 g/mol. The maximum Gasteiger partial charge on any atom is 0.328 e. The Bertz CT molecular complexity index is 2320. The Labute approximate surface area is 357 Å². The van der Waals surface area contributed by atoms with Gasteiger partial charge in [-0.15, -0.1) is 0 Å². The number of amides is 5. The highest BCUT2D eigenvalue weighted by Gasteiger charge is 2.41. The van der Waals surface area contributed by atoms with Crippen LogP contribution in [0.15, 0.2) is 42.9 Å². The summed E-state index contributed by atoms with van der Waals surface area (Å²) < 4.78 is 9.30. The van der Waals surface area contributed by atoms with Gasteiger partial charge in [-0.3, -0.25) is 29.3 Å². The van der Waals surface area contributed by atoms with Crippen LogP contribution in [0.25, 0.3) is 5.65 Å². The molecule has 1 saturated carbocycles. The van der Waals surface area contributed by atoms with E-state index in [2.05, 4.69) is 30.6 Å². The summed E-state index contributed by atoms with van der Waals surface area (Å²) in [5.41, 5.74) is 2.55. The number of nitrogens with zero attached hydrogens (tertiary/aromatic N) is 9. The number of hydrogen-bond donors (Lipinski definition) is 2. The number of rotatable bonds is 8. The van der Waals surface area contributed by atoms with E-state index in [9.17, 15) is 19.2 Å². The van der Waals surface area contributed by atoms with Gasteiger partial charge in [-0.05, 0) is 106 Å². The predicted octanol–water partition coefficient (Wildman–Crippen LogP) is 5.66. The fourth-order valence-corrected chi connectivity index (χ4v) is 10.8. The number of benzene rings is 1. The van der Waals surface area contributed by atoms with Crippen LogP contribution in [0.3, 0.4) is 0 Å². The van der Waals surface area contributed by atoms with Crippen LogP contribution in [0, 0.1) is 11.3 Å². The van der Waals surface area contributed by atoms with Crippen molar-refractivity contribution in [2.45, 2.75) is 82.4 Å². The van der Waals surface area contributed by atoms with Gasteiger partial charge >= 0.3 is 6.03 Å². The number of anilines is 3. The lowest BCUT2D eigenvalue weighted by Crippen LogP contribution is -2.50. The van der Waals surface area contributed by atoms with Gasteiger partial charge in [0.2, 0.25) is 5.91 Å². The summed E-state index contributed by atoms with van der Waals surface area (Å²) in [5, 5.41) is 14.9. The molecule has 6 aliphatic rings. The van der Waals surface area contributed by atoms with E-state index in [1.165, 1.54) is 4.90 Å². The van der Waals surface area contributed by atoms with Crippen LogP contribution in [0.4, 0.5) is 22.0 Å². The van der Waals surface area contributed by atoms with E-state index in [0.29, 0.717) is 64.8 Å². The maximum absolute atomic E-state index is 13.6. The second-order valence-corrected chi connectivity index (χ2v) is 18.3. The Morgan fingerprint density at radius 1 is 0.967 bits per heavy atom. The predicted molar refractivity (Wildman–Crippen MR) is 225 cm³/mol. The first-order valence-electron chi connectivity index (χ1n) is 21.3. The number of fused-ring (bicyclic) bond motifs is 3. The van der Waals surface area contributed by atoms with Crippen LogP contribution in [0.5, 0.6) is 0 Å². The van der Waals surface area contributed by atoms with Crippen molar-refractivity contribution < 1.29 is 23.9 Å². The molecule has 5 amide bonds. The quantitative estimate of drug-likeness (QED) is 0.226. The molecule has 316 valence electrons. The van der Waals surface area contributed by atoms with Crippen molar-refractivity contribution >= 4 is 69.8 Å². The van der Waals surface area contributed by atoms with Crippen LogP contribution in [-0.2, 0) is 9.53 Å². The van der Waals surface area contributed by atoms with Crippen LogP contribution < -0.4 is 20.4 Å². The number of ether oxygens (including phenoxy) is 1. The number of urea groups is 1. The number of halogens is 2. The Kier molecular flexibility index (Phi) is 10.4. The Morgan fingerprint density at radius 2 is 1.75 bits per heavy atom. The van der Waals surface area contributed by atoms with Crippen molar-refractivity contribution in [2.24, 2.45) is 11.3 Å². The van der Waals surface area contributed by atoms with Crippen molar-refractivity contribution in [2.75, 3.05) is 67.5 Å². The molecule has 8 heterocycles. The number of imide groups is 1. The number of carbonyl (C=O) groups excluding carboxylic acids is 4. The van der Waals surface area contributed by atoms with Crippen molar-refractivity contribution in [3.05, 3.63) is 64.2 Å². The molecule has 18 heteroatoms. The molecule has 1 aliphatic carbocycles. The Morgan fingerprint density at radius 3 is 2.48 bits per heavy atom. The van der Waals surface area contributed by atoms with Crippen LogP contribution in [0.2, 0.25) is 10.2 Å². The molecule has 2 atom stereocenters. The standard InChI is InChI=1S/C42H49Cl2N11O5/c43-32-6-3-27(19-34(32)52-13-8-36(56)48-41(52)59)40(58)51-17-11-42(12-18-51)9-15-50(16-10-42)22-26-1-4-28(5-2-26)55-24-33(37(44)49-55)46-39(57)31-21-45-54-14-7-35(47-38(31)54)53-23-30-20-29(53)25-60-30/h3,6-7,14,19,21,24,26,28-30H,1-2,4-5,8-13,15-18,20,22-23,25H2,(H,46,57)(H,48,56,59)/t26?,28?,29-,30-/m1/s1. The molecular formula is C42H49Cl2N11O5. The summed E-state index contributed by atoms with van der Waals surface area (Å²) >= 11 is 13.0. The monoisotopic (exact) mass is 857 g/mol. The van der Waals surface area contributed by atoms with Gasteiger partial charge in [-0.2, -0.15) is 10.2 Å². The summed E-state index contributed by atoms with van der Waals surface area (Å²) in [5.74, 6) is 0.744. The first-order valence-corrected chi connectivity index (χ1v) is 22.0. The van der Waals surface area contributed by atoms with Crippen molar-refractivity contribution in [3.8, 4) is 0 Å². The van der Waals surface area contributed by atoms with E-state index >= 15 is 0 Å². The first kappa shape index (κ1) is 39.4. The lowest BCUT2D eigenvalue weighted by Gasteiger charge is -2.47. The van der Waals surface area contributed by atoms with Gasteiger partial charge in [0.1, 0.15) is 11.4 Å². The highest BCUT2D eigenvalue weighted by atomic mass is 35.5. The molecular weight excluding hydrogens is 809 g/mol. The average Bonchev–Trinajstić information content (AvgIpc) is 4.07. The van der Waals surface area contributed by atoms with Gasteiger partial charge in [-0.1, -0.05) is 23.2 Å². The molecule has 6 fully saturated rings. The molecule has 16 nitrogen and oxygen atoms in total. The highest BCUT2D eigenvalue weighted by Crippen LogP contribution is 2.43. The molecule has 60 heavy (non-hydrogen) atoms. The van der Waals surface area contributed by atoms with Crippen molar-refractivity contribution in [3.63, 3.8) is 0 Å². The van der Waals surface area contributed by atoms with Crippen LogP contribution >= 0.6 is 23.2 Å². The molecule has 3 aromatic heterocycles. The van der Waals surface area contributed by atoms with Gasteiger partial charge in [0, 0.05) is 50.9 Å². The molecule has 5 aliphatic heterocycles. The number of hydrogen-bond acceptors (Lipinski definition) is 10. The Hall–Kier alpha value is -4.77. The molecule has 1 spiro atoms. The molecule has 10 rings (SSSR count). The minimum atomic E-state index is -0.525. The number of piperidine rings is 2.